The van der Waals surface area contributed by atoms with Gasteiger partial charge in [-0.15, -0.1) is 13.2 Å². The molecule has 4 heterocycles. The van der Waals surface area contributed by atoms with Gasteiger partial charge < -0.3 is 23.3 Å². The summed E-state index contributed by atoms with van der Waals surface area (Å²) in [6.07, 6.45) is -6.38. The average Bonchev–Trinajstić information content (AvgIpc) is 3.78. The first-order valence-corrected chi connectivity index (χ1v) is 14.2. The third-order valence-electron chi connectivity index (χ3n) is 5.73. The maximum Gasteiger partial charge on any atom is 0.573 e. The van der Waals surface area contributed by atoms with Crippen LogP contribution in [0.3, 0.4) is 0 Å². The van der Waals surface area contributed by atoms with Gasteiger partial charge in [-0.1, -0.05) is 36.3 Å². The minimum atomic E-state index is -4.92. The Morgan fingerprint density at radius 3 is 1.45 bits per heavy atom. The van der Waals surface area contributed by atoms with Crippen LogP contribution in [0.4, 0.5) is 39.5 Å². The lowest BCUT2D eigenvalue weighted by Gasteiger charge is -2.10. The Balaban J connectivity index is 0.000000222. The molecule has 4 aromatic heterocycles. The Morgan fingerprint density at radius 1 is 0.627 bits per heavy atom. The molecule has 6 rings (SSSR count). The summed E-state index contributed by atoms with van der Waals surface area (Å²) in [6, 6.07) is 10.5. The standard InChI is InChI=1S/C15H7F6N3O3.C14H8F3N3O2.C2H6/c16-8-2-1-3-10(12(8)11-4-9(13(17)18)24-27-11)25-14-22-5-7(6-23-14)26-15(19,20)21;15-8-3-1-4-10(21-14-18-5-2-6-19-14)12(8)11-7-9(13(16)17)20-22-11;1-2/h1-6,13H;1-7,13H;1-2H3. The van der Waals surface area contributed by atoms with Gasteiger partial charge in [0.05, 0.1) is 23.5 Å². The molecule has 0 aliphatic rings. The fourth-order valence-corrected chi connectivity index (χ4v) is 3.75. The van der Waals surface area contributed by atoms with E-state index in [1.807, 2.05) is 13.8 Å². The van der Waals surface area contributed by atoms with E-state index < -0.39 is 54.0 Å². The molecule has 0 amide bonds. The van der Waals surface area contributed by atoms with Gasteiger partial charge in [-0.2, -0.15) is 9.97 Å². The third-order valence-corrected chi connectivity index (χ3v) is 5.73. The first kappa shape index (κ1) is 37.6. The highest BCUT2D eigenvalue weighted by molar-refractivity contribution is 5.68. The molecule has 51 heavy (non-hydrogen) atoms. The molecule has 0 saturated carbocycles. The fourth-order valence-electron chi connectivity index (χ4n) is 3.75. The van der Waals surface area contributed by atoms with E-state index in [4.69, 9.17) is 18.5 Å². The second-order valence-electron chi connectivity index (χ2n) is 9.04. The van der Waals surface area contributed by atoms with E-state index in [9.17, 15) is 39.5 Å². The molecule has 0 aliphatic carbocycles. The van der Waals surface area contributed by atoms with E-state index in [-0.39, 0.29) is 40.2 Å². The molecule has 0 atom stereocenters. The minimum absolute atomic E-state index is 0.0112. The molecule has 0 spiro atoms. The van der Waals surface area contributed by atoms with Gasteiger partial charge in [-0.05, 0) is 30.3 Å². The largest absolute Gasteiger partial charge is 0.573 e. The molecule has 0 aliphatic heterocycles. The van der Waals surface area contributed by atoms with Crippen LogP contribution in [-0.4, -0.2) is 36.6 Å². The summed E-state index contributed by atoms with van der Waals surface area (Å²) < 4.78 is 139. The quantitative estimate of drug-likeness (QED) is 0.132. The van der Waals surface area contributed by atoms with Crippen molar-refractivity contribution in [1.82, 2.24) is 30.2 Å². The predicted octanol–water partition coefficient (Wildman–Crippen LogP) is 9.93. The van der Waals surface area contributed by atoms with Crippen LogP contribution >= 0.6 is 0 Å². The highest BCUT2D eigenvalue weighted by Crippen LogP contribution is 2.38. The van der Waals surface area contributed by atoms with Gasteiger partial charge in [-0.25, -0.2) is 36.3 Å². The number of alkyl halides is 7. The monoisotopic (exact) mass is 728 g/mol. The summed E-state index contributed by atoms with van der Waals surface area (Å²) in [5.74, 6) is -2.97. The smallest absolute Gasteiger partial charge is 0.423 e. The molecule has 0 radical (unpaired) electrons. The van der Waals surface area contributed by atoms with Gasteiger partial charge >= 0.3 is 18.4 Å². The number of halogens is 9. The summed E-state index contributed by atoms with van der Waals surface area (Å²) >= 11 is 0. The molecular formula is C31H21F9N6O5. The summed E-state index contributed by atoms with van der Waals surface area (Å²) in [6.45, 7) is 4.00. The van der Waals surface area contributed by atoms with Crippen LogP contribution in [0, 0.1) is 11.6 Å². The molecule has 268 valence electrons. The van der Waals surface area contributed by atoms with E-state index >= 15 is 0 Å². The second kappa shape index (κ2) is 16.9. The zero-order chi connectivity index (χ0) is 37.1. The van der Waals surface area contributed by atoms with Crippen LogP contribution in [-0.2, 0) is 0 Å². The van der Waals surface area contributed by atoms with E-state index in [0.717, 1.165) is 24.3 Å². The Bertz CT molecular complexity index is 1990. The Hall–Kier alpha value is -6.21. The van der Waals surface area contributed by atoms with Gasteiger partial charge in [0.25, 0.3) is 12.9 Å². The van der Waals surface area contributed by atoms with Crippen LogP contribution in [0.15, 0.2) is 88.4 Å². The molecular weight excluding hydrogens is 707 g/mol. The van der Waals surface area contributed by atoms with Crippen molar-refractivity contribution in [3.8, 4) is 51.9 Å². The van der Waals surface area contributed by atoms with Crippen molar-refractivity contribution in [2.45, 2.75) is 33.1 Å². The zero-order valence-electron chi connectivity index (χ0n) is 25.8. The molecule has 2 aromatic carbocycles. The number of hydrogen-bond donors (Lipinski definition) is 0. The molecule has 0 unspecified atom stereocenters. The lowest BCUT2D eigenvalue weighted by Crippen LogP contribution is -2.17. The number of hydrogen-bond acceptors (Lipinski definition) is 11. The predicted molar refractivity (Wildman–Crippen MR) is 156 cm³/mol. The molecule has 20 heteroatoms. The topological polar surface area (TPSA) is 131 Å². The molecule has 0 N–H and O–H groups in total. The van der Waals surface area contributed by atoms with Gasteiger partial charge in [0, 0.05) is 24.5 Å². The van der Waals surface area contributed by atoms with E-state index in [1.165, 1.54) is 36.7 Å². The van der Waals surface area contributed by atoms with E-state index in [2.05, 4.69) is 35.0 Å². The van der Waals surface area contributed by atoms with Gasteiger partial charge in [0.15, 0.2) is 17.3 Å². The van der Waals surface area contributed by atoms with Crippen LogP contribution < -0.4 is 14.2 Å². The SMILES string of the molecule is CC.Fc1cccc(Oc2ncc(OC(F)(F)F)cn2)c1-c1cc(C(F)F)no1.Fc1cccc(Oc2ncccn2)c1-c1cc(C(F)F)no1. The normalized spacial score (nSPS) is 11.0. The number of ether oxygens (including phenoxy) is 3. The fraction of sp³-hybridized carbons (Fsp3) is 0.161. The Morgan fingerprint density at radius 2 is 1.06 bits per heavy atom. The average molecular weight is 729 g/mol. The zero-order valence-corrected chi connectivity index (χ0v) is 25.8. The van der Waals surface area contributed by atoms with E-state index in [1.54, 1.807) is 6.07 Å². The van der Waals surface area contributed by atoms with Crippen LogP contribution in [0.2, 0.25) is 0 Å². The first-order chi connectivity index (χ1) is 24.4. The number of benzene rings is 2. The third kappa shape index (κ3) is 10.2. The van der Waals surface area contributed by atoms with Crippen molar-refractivity contribution >= 4 is 0 Å². The van der Waals surface area contributed by atoms with Crippen molar-refractivity contribution in [2.75, 3.05) is 0 Å². The maximum absolute atomic E-state index is 14.2. The lowest BCUT2D eigenvalue weighted by atomic mass is 10.1. The molecule has 0 fully saturated rings. The van der Waals surface area contributed by atoms with Crippen molar-refractivity contribution in [3.63, 3.8) is 0 Å². The Labute approximate surface area is 280 Å². The van der Waals surface area contributed by atoms with Gasteiger partial charge in [-0.3, -0.25) is 0 Å². The Kier molecular flexibility index (Phi) is 12.5. The van der Waals surface area contributed by atoms with Gasteiger partial charge in [0.2, 0.25) is 0 Å². The highest BCUT2D eigenvalue weighted by atomic mass is 19.4. The van der Waals surface area contributed by atoms with Crippen molar-refractivity contribution in [2.24, 2.45) is 0 Å². The van der Waals surface area contributed by atoms with Crippen LogP contribution in [0.5, 0.6) is 29.3 Å². The lowest BCUT2D eigenvalue weighted by molar-refractivity contribution is -0.274. The van der Waals surface area contributed by atoms with E-state index in [0.29, 0.717) is 12.4 Å². The van der Waals surface area contributed by atoms with Crippen molar-refractivity contribution in [1.29, 1.82) is 0 Å². The summed E-state index contributed by atoms with van der Waals surface area (Å²) in [7, 11) is 0. The first-order valence-electron chi connectivity index (χ1n) is 14.2. The number of nitrogens with zero attached hydrogens (tertiary/aromatic N) is 6. The summed E-state index contributed by atoms with van der Waals surface area (Å²) in [5.41, 5.74) is -1.75. The van der Waals surface area contributed by atoms with Crippen LogP contribution in [0.25, 0.3) is 22.6 Å². The minimum Gasteiger partial charge on any atom is -0.423 e. The second-order valence-corrected chi connectivity index (χ2v) is 9.04. The van der Waals surface area contributed by atoms with Gasteiger partial charge in [0.1, 0.15) is 34.5 Å². The maximum atomic E-state index is 14.2. The number of aromatic nitrogens is 6. The summed E-state index contributed by atoms with van der Waals surface area (Å²) in [5, 5.41) is 6.33. The highest BCUT2D eigenvalue weighted by Gasteiger charge is 2.31. The van der Waals surface area contributed by atoms with Crippen molar-refractivity contribution in [3.05, 3.63) is 102 Å². The number of rotatable bonds is 9. The van der Waals surface area contributed by atoms with Crippen molar-refractivity contribution < 1.29 is 62.8 Å². The molecule has 6 aromatic rings. The molecule has 11 nitrogen and oxygen atoms in total. The summed E-state index contributed by atoms with van der Waals surface area (Å²) in [4.78, 5) is 14.7. The molecule has 0 bridgehead atoms. The van der Waals surface area contributed by atoms with Crippen LogP contribution in [0.1, 0.15) is 38.1 Å². The molecule has 0 saturated heterocycles.